The summed E-state index contributed by atoms with van der Waals surface area (Å²) in [6.45, 7) is 1.54. The van der Waals surface area contributed by atoms with Gasteiger partial charge in [-0.2, -0.15) is 0 Å². The Kier molecular flexibility index (Phi) is 5.35. The molecule has 0 bridgehead atoms. The Morgan fingerprint density at radius 2 is 2.04 bits per heavy atom. The number of hydrogen-bond donors (Lipinski definition) is 1. The molecule has 4 rings (SSSR count). The van der Waals surface area contributed by atoms with Gasteiger partial charge in [-0.3, -0.25) is 9.69 Å². The minimum absolute atomic E-state index is 0.171. The van der Waals surface area contributed by atoms with Gasteiger partial charge in [0.1, 0.15) is 5.58 Å². The maximum absolute atomic E-state index is 13.3. The Balaban J connectivity index is 1.69. The number of aromatic nitrogens is 1. The third-order valence-corrected chi connectivity index (χ3v) is 5.79. The number of amides is 1. The summed E-state index contributed by atoms with van der Waals surface area (Å²) < 4.78 is 6.77. The molecule has 2 aromatic heterocycles. The first-order valence-electron chi connectivity index (χ1n) is 9.17. The Morgan fingerprint density at radius 1 is 1.21 bits per heavy atom. The third-order valence-electron chi connectivity index (χ3n) is 4.51. The lowest BCUT2D eigenvalue weighted by Gasteiger charge is -2.19. The van der Waals surface area contributed by atoms with Gasteiger partial charge in [0, 0.05) is 23.4 Å². The van der Waals surface area contributed by atoms with E-state index in [1.165, 1.54) is 16.2 Å². The standard InChI is InChI=1S/C21H20ClN3O2S/c1-24(2)10-5-11-25(21-23-16-9-8-15(22)13-19(16)28-21)20(26)18-12-14-6-3-4-7-17(14)27-18/h3-4,6-9,12-13H,5,10-11H2,1-2H3/p+1. The van der Waals surface area contributed by atoms with Crippen molar-refractivity contribution in [1.82, 2.24) is 4.98 Å². The van der Waals surface area contributed by atoms with Crippen molar-refractivity contribution in [1.29, 1.82) is 0 Å². The largest absolute Gasteiger partial charge is 0.451 e. The number of para-hydroxylation sites is 1. The molecule has 0 saturated heterocycles. The van der Waals surface area contributed by atoms with Gasteiger partial charge in [0.05, 0.1) is 30.9 Å². The summed E-state index contributed by atoms with van der Waals surface area (Å²) in [6.07, 6.45) is 0.866. The van der Waals surface area contributed by atoms with Crippen molar-refractivity contribution in [3.05, 3.63) is 59.3 Å². The van der Waals surface area contributed by atoms with Gasteiger partial charge in [-0.25, -0.2) is 4.98 Å². The normalized spacial score (nSPS) is 11.6. The van der Waals surface area contributed by atoms with Crippen LogP contribution in [0.25, 0.3) is 21.2 Å². The fourth-order valence-corrected chi connectivity index (χ4v) is 4.36. The van der Waals surface area contributed by atoms with E-state index in [9.17, 15) is 4.79 Å². The predicted octanol–water partition coefficient (Wildman–Crippen LogP) is 3.88. The van der Waals surface area contributed by atoms with Crippen molar-refractivity contribution >= 4 is 55.2 Å². The molecular formula is C21H21ClN3O2S+. The Labute approximate surface area is 172 Å². The van der Waals surface area contributed by atoms with Crippen LogP contribution in [0.3, 0.4) is 0 Å². The summed E-state index contributed by atoms with van der Waals surface area (Å²) in [6, 6.07) is 15.0. The highest BCUT2D eigenvalue weighted by Gasteiger charge is 2.24. The number of anilines is 1. The first kappa shape index (κ1) is 18.9. The molecule has 2 heterocycles. The van der Waals surface area contributed by atoms with E-state index in [2.05, 4.69) is 19.1 Å². The quantitative estimate of drug-likeness (QED) is 0.521. The second-order valence-corrected chi connectivity index (χ2v) is 8.47. The minimum Gasteiger partial charge on any atom is -0.451 e. The number of thiazole rings is 1. The molecular weight excluding hydrogens is 394 g/mol. The van der Waals surface area contributed by atoms with Gasteiger partial charge in [0.15, 0.2) is 10.9 Å². The highest BCUT2D eigenvalue weighted by molar-refractivity contribution is 7.22. The Bertz CT molecular complexity index is 1100. The van der Waals surface area contributed by atoms with Crippen LogP contribution in [0.2, 0.25) is 5.02 Å². The summed E-state index contributed by atoms with van der Waals surface area (Å²) in [4.78, 5) is 21.0. The van der Waals surface area contributed by atoms with E-state index in [4.69, 9.17) is 16.0 Å². The number of furan rings is 1. The molecule has 0 saturated carbocycles. The van der Waals surface area contributed by atoms with Crippen LogP contribution in [0.1, 0.15) is 17.0 Å². The van der Waals surface area contributed by atoms with Crippen molar-refractivity contribution < 1.29 is 14.1 Å². The predicted molar refractivity (Wildman–Crippen MR) is 115 cm³/mol. The molecule has 1 amide bonds. The van der Waals surface area contributed by atoms with Gasteiger partial charge in [0.2, 0.25) is 0 Å². The van der Waals surface area contributed by atoms with Crippen molar-refractivity contribution in [2.45, 2.75) is 6.42 Å². The monoisotopic (exact) mass is 414 g/mol. The van der Waals surface area contributed by atoms with E-state index in [-0.39, 0.29) is 5.91 Å². The topological polar surface area (TPSA) is 50.8 Å². The maximum Gasteiger partial charge on any atom is 0.295 e. The van der Waals surface area contributed by atoms with Crippen molar-refractivity contribution in [3.8, 4) is 0 Å². The first-order chi connectivity index (χ1) is 13.5. The maximum atomic E-state index is 13.3. The molecule has 1 N–H and O–H groups in total. The first-order valence-corrected chi connectivity index (χ1v) is 10.4. The molecule has 0 radical (unpaired) electrons. The molecule has 2 aromatic carbocycles. The molecule has 0 spiro atoms. The van der Waals surface area contributed by atoms with Crippen LogP contribution in [0.4, 0.5) is 5.13 Å². The second-order valence-electron chi connectivity index (χ2n) is 7.02. The average molecular weight is 415 g/mol. The van der Waals surface area contributed by atoms with Crippen LogP contribution < -0.4 is 9.80 Å². The number of carbonyl (C=O) groups is 1. The molecule has 0 fully saturated rings. The van der Waals surface area contributed by atoms with Crippen molar-refractivity contribution in [3.63, 3.8) is 0 Å². The number of nitrogens with zero attached hydrogens (tertiary/aromatic N) is 2. The zero-order valence-electron chi connectivity index (χ0n) is 15.7. The van der Waals surface area contributed by atoms with Gasteiger partial charge in [-0.1, -0.05) is 41.1 Å². The number of fused-ring (bicyclic) bond motifs is 2. The molecule has 28 heavy (non-hydrogen) atoms. The van der Waals surface area contributed by atoms with Gasteiger partial charge >= 0.3 is 0 Å². The number of hydrogen-bond acceptors (Lipinski definition) is 4. The minimum atomic E-state index is -0.171. The summed E-state index contributed by atoms with van der Waals surface area (Å²) in [5.74, 6) is 0.158. The van der Waals surface area contributed by atoms with Crippen LogP contribution in [0.15, 0.2) is 52.9 Å². The van der Waals surface area contributed by atoms with Crippen LogP contribution in [0.5, 0.6) is 0 Å². The highest BCUT2D eigenvalue weighted by Crippen LogP contribution is 2.32. The Morgan fingerprint density at radius 3 is 2.82 bits per heavy atom. The van der Waals surface area contributed by atoms with Gasteiger partial charge in [-0.15, -0.1) is 0 Å². The van der Waals surface area contributed by atoms with Gasteiger partial charge in [-0.05, 0) is 30.3 Å². The summed E-state index contributed by atoms with van der Waals surface area (Å²) >= 11 is 7.58. The highest BCUT2D eigenvalue weighted by atomic mass is 35.5. The fraction of sp³-hybridized carbons (Fsp3) is 0.238. The molecule has 4 aromatic rings. The fourth-order valence-electron chi connectivity index (χ4n) is 3.10. The third kappa shape index (κ3) is 3.90. The van der Waals surface area contributed by atoms with Gasteiger partial charge in [0.25, 0.3) is 5.91 Å². The number of carbonyl (C=O) groups excluding carboxylic acids is 1. The van der Waals surface area contributed by atoms with E-state index < -0.39 is 0 Å². The van der Waals surface area contributed by atoms with E-state index in [1.807, 2.05) is 42.5 Å². The van der Waals surface area contributed by atoms with E-state index in [1.54, 1.807) is 11.0 Å². The lowest BCUT2D eigenvalue weighted by atomic mass is 10.2. The molecule has 5 nitrogen and oxygen atoms in total. The molecule has 144 valence electrons. The summed E-state index contributed by atoms with van der Waals surface area (Å²) in [5, 5.41) is 2.24. The molecule has 0 aliphatic heterocycles. The number of halogens is 1. The molecule has 0 aliphatic rings. The van der Waals surface area contributed by atoms with E-state index in [0.717, 1.165) is 28.6 Å². The number of quaternary nitrogens is 1. The van der Waals surface area contributed by atoms with E-state index in [0.29, 0.717) is 28.0 Å². The van der Waals surface area contributed by atoms with Crippen LogP contribution in [-0.4, -0.2) is 38.1 Å². The molecule has 0 atom stereocenters. The zero-order valence-corrected chi connectivity index (χ0v) is 17.3. The second kappa shape index (κ2) is 7.91. The number of rotatable bonds is 6. The average Bonchev–Trinajstić information content (AvgIpc) is 3.27. The van der Waals surface area contributed by atoms with Gasteiger partial charge < -0.3 is 9.32 Å². The molecule has 0 unspecified atom stereocenters. The zero-order chi connectivity index (χ0) is 19.7. The lowest BCUT2D eigenvalue weighted by molar-refractivity contribution is -0.858. The molecule has 0 aliphatic carbocycles. The SMILES string of the molecule is C[NH+](C)CCCN(C(=O)c1cc2ccccc2o1)c1nc2ccc(Cl)cc2s1. The van der Waals surface area contributed by atoms with Crippen LogP contribution >= 0.6 is 22.9 Å². The lowest BCUT2D eigenvalue weighted by Crippen LogP contribution is -3.05. The smallest absolute Gasteiger partial charge is 0.295 e. The summed E-state index contributed by atoms with van der Waals surface area (Å²) in [5.41, 5.74) is 1.55. The Hall–Kier alpha value is -2.41. The number of benzene rings is 2. The number of nitrogens with one attached hydrogen (secondary N) is 1. The van der Waals surface area contributed by atoms with Crippen molar-refractivity contribution in [2.24, 2.45) is 0 Å². The van der Waals surface area contributed by atoms with Crippen LogP contribution in [-0.2, 0) is 0 Å². The molecule has 7 heteroatoms. The van der Waals surface area contributed by atoms with E-state index >= 15 is 0 Å². The van der Waals surface area contributed by atoms with Crippen molar-refractivity contribution in [2.75, 3.05) is 32.1 Å². The van der Waals surface area contributed by atoms with Crippen LogP contribution in [0, 0.1) is 0 Å². The summed E-state index contributed by atoms with van der Waals surface area (Å²) in [7, 11) is 4.20.